The van der Waals surface area contributed by atoms with Crippen molar-refractivity contribution in [2.75, 3.05) is 0 Å². The molecule has 0 saturated carbocycles. The minimum absolute atomic E-state index is 0.312. The van der Waals surface area contributed by atoms with Gasteiger partial charge in [0.15, 0.2) is 6.04 Å². The third kappa shape index (κ3) is 4.19. The minimum atomic E-state index is -1.10. The van der Waals surface area contributed by atoms with E-state index in [1.807, 2.05) is 0 Å². The molecule has 0 spiro atoms. The maximum absolute atomic E-state index is 12.3. The van der Waals surface area contributed by atoms with Crippen molar-refractivity contribution >= 4 is 23.4 Å². The molecule has 0 saturated heterocycles. The quantitative estimate of drug-likeness (QED) is 0.924. The highest BCUT2D eigenvalue weighted by molar-refractivity contribution is 7.09. The lowest BCUT2D eigenvalue weighted by atomic mass is 10.1. The Labute approximate surface area is 122 Å². The van der Waals surface area contributed by atoms with Crippen LogP contribution in [-0.2, 0) is 9.53 Å². The summed E-state index contributed by atoms with van der Waals surface area (Å²) in [6.07, 6.45) is 0.816. The van der Waals surface area contributed by atoms with E-state index in [1.54, 1.807) is 40.1 Å². The zero-order valence-corrected chi connectivity index (χ0v) is 13.1. The smallest absolute Gasteiger partial charge is 0.411 e. The highest BCUT2D eigenvalue weighted by atomic mass is 32.1. The van der Waals surface area contributed by atoms with Crippen LogP contribution in [0.5, 0.6) is 0 Å². The number of hydrogen-bond acceptors (Lipinski definition) is 5. The SMILES string of the molecule is CC(C)N(C(=O)OC(C)(C)C)C(C(=O)O)c1cncs1. The van der Waals surface area contributed by atoms with E-state index in [0.717, 1.165) is 0 Å². The fraction of sp³-hybridized carbons (Fsp3) is 0.615. The molecule has 1 aromatic rings. The van der Waals surface area contributed by atoms with Crippen LogP contribution in [0.25, 0.3) is 0 Å². The molecule has 1 amide bonds. The number of carboxylic acid groups (broad SMARTS) is 1. The van der Waals surface area contributed by atoms with Gasteiger partial charge in [-0.15, -0.1) is 11.3 Å². The number of amides is 1. The molecule has 1 heterocycles. The summed E-state index contributed by atoms with van der Waals surface area (Å²) < 4.78 is 5.30. The molecule has 20 heavy (non-hydrogen) atoms. The molecule has 1 N–H and O–H groups in total. The van der Waals surface area contributed by atoms with Crippen molar-refractivity contribution in [2.24, 2.45) is 0 Å². The molecule has 0 aliphatic carbocycles. The van der Waals surface area contributed by atoms with Crippen LogP contribution < -0.4 is 0 Å². The van der Waals surface area contributed by atoms with Gasteiger partial charge in [0, 0.05) is 12.2 Å². The Morgan fingerprint density at radius 1 is 1.40 bits per heavy atom. The summed E-state index contributed by atoms with van der Waals surface area (Å²) >= 11 is 1.20. The van der Waals surface area contributed by atoms with Gasteiger partial charge < -0.3 is 9.84 Å². The second-order valence-electron chi connectivity index (χ2n) is 5.63. The maximum Gasteiger partial charge on any atom is 0.411 e. The van der Waals surface area contributed by atoms with E-state index >= 15 is 0 Å². The number of thiazole rings is 1. The van der Waals surface area contributed by atoms with E-state index in [2.05, 4.69) is 4.98 Å². The summed E-state index contributed by atoms with van der Waals surface area (Å²) in [5, 5.41) is 9.44. The summed E-state index contributed by atoms with van der Waals surface area (Å²) in [5.41, 5.74) is 0.861. The molecule has 7 heteroatoms. The molecule has 0 aliphatic heterocycles. The number of aliphatic carboxylic acids is 1. The van der Waals surface area contributed by atoms with Gasteiger partial charge >= 0.3 is 12.1 Å². The Kier molecular flexibility index (Phi) is 5.10. The van der Waals surface area contributed by atoms with Crippen LogP contribution in [0.15, 0.2) is 11.7 Å². The summed E-state index contributed by atoms with van der Waals surface area (Å²) in [6.45, 7) is 8.73. The molecule has 6 nitrogen and oxygen atoms in total. The predicted molar refractivity (Wildman–Crippen MR) is 75.7 cm³/mol. The number of nitrogens with zero attached hydrogens (tertiary/aromatic N) is 2. The van der Waals surface area contributed by atoms with Gasteiger partial charge in [-0.2, -0.15) is 0 Å². The van der Waals surface area contributed by atoms with Gasteiger partial charge in [0.05, 0.1) is 10.4 Å². The average molecular weight is 300 g/mol. The van der Waals surface area contributed by atoms with E-state index in [0.29, 0.717) is 4.88 Å². The van der Waals surface area contributed by atoms with E-state index in [4.69, 9.17) is 4.74 Å². The lowest BCUT2D eigenvalue weighted by Crippen LogP contribution is -2.45. The van der Waals surface area contributed by atoms with Crippen molar-refractivity contribution in [3.05, 3.63) is 16.6 Å². The molecule has 0 fully saturated rings. The topological polar surface area (TPSA) is 79.7 Å². The molecule has 1 rings (SSSR count). The maximum atomic E-state index is 12.3. The van der Waals surface area contributed by atoms with Crippen molar-refractivity contribution in [1.29, 1.82) is 0 Å². The largest absolute Gasteiger partial charge is 0.479 e. The van der Waals surface area contributed by atoms with Gasteiger partial charge in [-0.3, -0.25) is 9.88 Å². The summed E-state index contributed by atoms with van der Waals surface area (Å²) in [6, 6.07) is -1.40. The minimum Gasteiger partial charge on any atom is -0.479 e. The molecule has 1 unspecified atom stereocenters. The van der Waals surface area contributed by atoms with Crippen molar-refractivity contribution in [1.82, 2.24) is 9.88 Å². The standard InChI is InChI=1S/C13H20N2O4S/c1-8(2)15(12(18)19-13(3,4)5)10(11(16)17)9-6-14-7-20-9/h6-8,10H,1-5H3,(H,16,17). The summed E-state index contributed by atoms with van der Waals surface area (Å²) in [7, 11) is 0. The first-order valence-electron chi connectivity index (χ1n) is 6.26. The van der Waals surface area contributed by atoms with E-state index in [9.17, 15) is 14.7 Å². The van der Waals surface area contributed by atoms with Crippen molar-refractivity contribution < 1.29 is 19.4 Å². The first-order valence-corrected chi connectivity index (χ1v) is 7.14. The van der Waals surface area contributed by atoms with Crippen molar-refractivity contribution in [3.8, 4) is 0 Å². The number of rotatable bonds is 4. The molecular formula is C13H20N2O4S. The third-order valence-corrected chi connectivity index (χ3v) is 3.22. The summed E-state index contributed by atoms with van der Waals surface area (Å²) in [4.78, 5) is 29.4. The number of carboxylic acids is 1. The molecule has 112 valence electrons. The molecule has 1 atom stereocenters. The van der Waals surface area contributed by atoms with Crippen molar-refractivity contribution in [3.63, 3.8) is 0 Å². The Bertz CT molecular complexity index is 465. The van der Waals surface area contributed by atoms with Crippen molar-refractivity contribution in [2.45, 2.75) is 52.3 Å². The zero-order chi connectivity index (χ0) is 15.5. The fourth-order valence-corrected chi connectivity index (χ4v) is 2.38. The Morgan fingerprint density at radius 2 is 2.00 bits per heavy atom. The Balaban J connectivity index is 3.10. The van der Waals surface area contributed by atoms with Gasteiger partial charge in [0.2, 0.25) is 0 Å². The Morgan fingerprint density at radius 3 is 2.35 bits per heavy atom. The molecule has 0 radical (unpaired) electrons. The second-order valence-corrected chi connectivity index (χ2v) is 6.54. The van der Waals surface area contributed by atoms with Crippen LogP contribution in [-0.4, -0.2) is 38.7 Å². The van der Waals surface area contributed by atoms with Gasteiger partial charge in [-0.05, 0) is 34.6 Å². The van der Waals surface area contributed by atoms with E-state index in [1.165, 1.54) is 22.4 Å². The van der Waals surface area contributed by atoms with E-state index in [-0.39, 0.29) is 6.04 Å². The fourth-order valence-electron chi connectivity index (χ4n) is 1.67. The third-order valence-electron chi connectivity index (χ3n) is 2.39. The normalized spacial score (nSPS) is 13.1. The lowest BCUT2D eigenvalue weighted by molar-refractivity contribution is -0.144. The number of carbonyl (C=O) groups excluding carboxylic acids is 1. The average Bonchev–Trinajstić information content (AvgIpc) is 2.74. The second kappa shape index (κ2) is 6.21. The number of ether oxygens (including phenoxy) is 1. The van der Waals surface area contributed by atoms with Gasteiger partial charge in [0.1, 0.15) is 5.60 Å². The predicted octanol–water partition coefficient (Wildman–Crippen LogP) is 2.91. The molecule has 1 aromatic heterocycles. The van der Waals surface area contributed by atoms with Crippen LogP contribution in [0.2, 0.25) is 0 Å². The highest BCUT2D eigenvalue weighted by Gasteiger charge is 2.36. The first-order chi connectivity index (χ1) is 9.13. The van der Waals surface area contributed by atoms with Crippen LogP contribution in [0.3, 0.4) is 0 Å². The van der Waals surface area contributed by atoms with E-state index < -0.39 is 23.7 Å². The highest BCUT2D eigenvalue weighted by Crippen LogP contribution is 2.28. The number of hydrogen-bond donors (Lipinski definition) is 1. The lowest BCUT2D eigenvalue weighted by Gasteiger charge is -2.33. The molecule has 0 aliphatic rings. The Hall–Kier alpha value is -1.63. The number of aromatic nitrogens is 1. The molecule has 0 aromatic carbocycles. The van der Waals surface area contributed by atoms with Crippen LogP contribution in [0, 0.1) is 0 Å². The van der Waals surface area contributed by atoms with Crippen LogP contribution in [0.1, 0.15) is 45.5 Å². The van der Waals surface area contributed by atoms with Crippen LogP contribution in [0.4, 0.5) is 4.79 Å². The monoisotopic (exact) mass is 300 g/mol. The number of carbonyl (C=O) groups is 2. The van der Waals surface area contributed by atoms with Crippen LogP contribution >= 0.6 is 11.3 Å². The molecule has 0 bridgehead atoms. The van der Waals surface area contributed by atoms with Gasteiger partial charge in [-0.1, -0.05) is 0 Å². The van der Waals surface area contributed by atoms with Gasteiger partial charge in [0.25, 0.3) is 0 Å². The summed E-state index contributed by atoms with van der Waals surface area (Å²) in [5.74, 6) is -1.10. The zero-order valence-electron chi connectivity index (χ0n) is 12.3. The molecular weight excluding hydrogens is 280 g/mol. The van der Waals surface area contributed by atoms with Gasteiger partial charge in [-0.25, -0.2) is 9.59 Å². The first kappa shape index (κ1) is 16.4.